The van der Waals surface area contributed by atoms with Crippen LogP contribution < -0.4 is 10.6 Å². The quantitative estimate of drug-likeness (QED) is 0.288. The van der Waals surface area contributed by atoms with E-state index in [9.17, 15) is 0 Å². The molecule has 104 valence electrons. The zero-order valence-electron chi connectivity index (χ0n) is 11.4. The lowest BCUT2D eigenvalue weighted by Gasteiger charge is -2.29. The molecular formula is C14H22N4O. The van der Waals surface area contributed by atoms with Gasteiger partial charge in [0.15, 0.2) is 5.84 Å². The molecule has 0 bridgehead atoms. The fourth-order valence-electron chi connectivity index (χ4n) is 2.69. The van der Waals surface area contributed by atoms with Crippen molar-refractivity contribution < 1.29 is 5.21 Å². The molecule has 0 radical (unpaired) electrons. The van der Waals surface area contributed by atoms with Gasteiger partial charge in [0.05, 0.1) is 0 Å². The van der Waals surface area contributed by atoms with Gasteiger partial charge in [0, 0.05) is 25.0 Å². The highest BCUT2D eigenvalue weighted by molar-refractivity contribution is 5.95. The van der Waals surface area contributed by atoms with Crippen LogP contribution in [0, 0.1) is 0 Å². The standard InChI is InChI=1S/C14H22N4O/c1-18(11-6-4-2-3-5-7-11)12-8-9-16-13(10-12)14(15)17-19/h8-11,19H,2-7H2,1H3,(H2,15,17). The Morgan fingerprint density at radius 2 is 2.05 bits per heavy atom. The first-order valence-electron chi connectivity index (χ1n) is 6.89. The second-order valence-electron chi connectivity index (χ2n) is 5.14. The first-order valence-corrected chi connectivity index (χ1v) is 6.89. The summed E-state index contributed by atoms with van der Waals surface area (Å²) in [6.07, 6.45) is 9.46. The molecule has 0 unspecified atom stereocenters. The Kier molecular flexibility index (Phi) is 4.60. The summed E-state index contributed by atoms with van der Waals surface area (Å²) in [5.74, 6) is 0.0520. The maximum atomic E-state index is 8.71. The van der Waals surface area contributed by atoms with Gasteiger partial charge in [-0.3, -0.25) is 4.98 Å². The highest BCUT2D eigenvalue weighted by atomic mass is 16.4. The third kappa shape index (κ3) is 3.36. The molecule has 0 spiro atoms. The summed E-state index contributed by atoms with van der Waals surface area (Å²) in [7, 11) is 2.11. The summed E-state index contributed by atoms with van der Waals surface area (Å²) in [5.41, 5.74) is 7.17. The SMILES string of the molecule is CN(c1ccnc(C(N)=NO)c1)C1CCCCCC1. The predicted molar refractivity (Wildman–Crippen MR) is 76.6 cm³/mol. The Morgan fingerprint density at radius 3 is 2.68 bits per heavy atom. The van der Waals surface area contributed by atoms with Gasteiger partial charge in [-0.1, -0.05) is 30.8 Å². The molecule has 3 N–H and O–H groups in total. The van der Waals surface area contributed by atoms with Crippen molar-refractivity contribution in [1.82, 2.24) is 4.98 Å². The van der Waals surface area contributed by atoms with Crippen LogP contribution in [0.25, 0.3) is 0 Å². The average molecular weight is 262 g/mol. The van der Waals surface area contributed by atoms with Crippen molar-refractivity contribution in [3.05, 3.63) is 24.0 Å². The van der Waals surface area contributed by atoms with Gasteiger partial charge < -0.3 is 15.8 Å². The molecule has 1 fully saturated rings. The van der Waals surface area contributed by atoms with E-state index in [1.165, 1.54) is 38.5 Å². The van der Waals surface area contributed by atoms with Gasteiger partial charge in [-0.05, 0) is 25.0 Å². The molecule has 0 atom stereocenters. The minimum Gasteiger partial charge on any atom is -0.409 e. The lowest BCUT2D eigenvalue weighted by Crippen LogP contribution is -2.31. The van der Waals surface area contributed by atoms with Gasteiger partial charge in [0.1, 0.15) is 5.69 Å². The van der Waals surface area contributed by atoms with E-state index in [0.29, 0.717) is 11.7 Å². The lowest BCUT2D eigenvalue weighted by molar-refractivity contribution is 0.318. The van der Waals surface area contributed by atoms with E-state index in [4.69, 9.17) is 10.9 Å². The monoisotopic (exact) mass is 262 g/mol. The Balaban J connectivity index is 2.15. The van der Waals surface area contributed by atoms with Gasteiger partial charge in [0.2, 0.25) is 0 Å². The normalized spacial score (nSPS) is 18.1. The topological polar surface area (TPSA) is 74.7 Å². The minimum atomic E-state index is 0.0520. The molecule has 1 aliphatic rings. The number of anilines is 1. The van der Waals surface area contributed by atoms with Crippen molar-refractivity contribution in [1.29, 1.82) is 0 Å². The zero-order chi connectivity index (χ0) is 13.7. The number of nitrogens with zero attached hydrogens (tertiary/aromatic N) is 3. The maximum absolute atomic E-state index is 8.71. The molecule has 0 aromatic carbocycles. The van der Waals surface area contributed by atoms with E-state index in [2.05, 4.69) is 22.1 Å². The lowest BCUT2D eigenvalue weighted by atomic mass is 10.1. The summed E-state index contributed by atoms with van der Waals surface area (Å²) in [6.45, 7) is 0. The van der Waals surface area contributed by atoms with Gasteiger partial charge in [0.25, 0.3) is 0 Å². The summed E-state index contributed by atoms with van der Waals surface area (Å²) >= 11 is 0. The Bertz CT molecular complexity index is 439. The highest BCUT2D eigenvalue weighted by Gasteiger charge is 2.18. The Labute approximate surface area is 114 Å². The van der Waals surface area contributed by atoms with E-state index in [0.717, 1.165) is 5.69 Å². The average Bonchev–Trinajstić information content (AvgIpc) is 2.75. The van der Waals surface area contributed by atoms with Crippen LogP contribution in [0.3, 0.4) is 0 Å². The van der Waals surface area contributed by atoms with Crippen LogP contribution in [0.4, 0.5) is 5.69 Å². The second-order valence-corrected chi connectivity index (χ2v) is 5.14. The van der Waals surface area contributed by atoms with Crippen LogP contribution in [-0.2, 0) is 0 Å². The first-order chi connectivity index (χ1) is 9.22. The predicted octanol–water partition coefficient (Wildman–Crippen LogP) is 2.34. The highest BCUT2D eigenvalue weighted by Crippen LogP contribution is 2.25. The molecule has 1 saturated carbocycles. The van der Waals surface area contributed by atoms with E-state index < -0.39 is 0 Å². The molecule has 1 aromatic rings. The van der Waals surface area contributed by atoms with Crippen molar-refractivity contribution in [2.24, 2.45) is 10.9 Å². The van der Waals surface area contributed by atoms with Crippen LogP contribution in [0.5, 0.6) is 0 Å². The van der Waals surface area contributed by atoms with Gasteiger partial charge in [-0.2, -0.15) is 0 Å². The van der Waals surface area contributed by atoms with Crippen LogP contribution >= 0.6 is 0 Å². The van der Waals surface area contributed by atoms with E-state index in [-0.39, 0.29) is 5.84 Å². The minimum absolute atomic E-state index is 0.0520. The smallest absolute Gasteiger partial charge is 0.188 e. The van der Waals surface area contributed by atoms with Crippen LogP contribution in [0.15, 0.2) is 23.5 Å². The summed E-state index contributed by atoms with van der Waals surface area (Å²) in [6, 6.07) is 4.42. The number of pyridine rings is 1. The molecule has 19 heavy (non-hydrogen) atoms. The third-order valence-corrected chi connectivity index (χ3v) is 3.89. The van der Waals surface area contributed by atoms with Gasteiger partial charge in [-0.25, -0.2) is 0 Å². The van der Waals surface area contributed by atoms with Crippen LogP contribution in [0.1, 0.15) is 44.2 Å². The number of oxime groups is 1. The zero-order valence-corrected chi connectivity index (χ0v) is 11.4. The molecule has 0 aliphatic heterocycles. The Hall–Kier alpha value is -1.78. The molecule has 5 heteroatoms. The van der Waals surface area contributed by atoms with E-state index in [1.54, 1.807) is 6.20 Å². The molecule has 2 rings (SSSR count). The molecule has 1 aliphatic carbocycles. The Morgan fingerprint density at radius 1 is 1.37 bits per heavy atom. The van der Waals surface area contributed by atoms with Gasteiger partial charge >= 0.3 is 0 Å². The number of hydrogen-bond acceptors (Lipinski definition) is 4. The number of nitrogens with two attached hydrogens (primary N) is 1. The number of amidine groups is 1. The maximum Gasteiger partial charge on any atom is 0.188 e. The van der Waals surface area contributed by atoms with Gasteiger partial charge in [-0.15, -0.1) is 0 Å². The molecule has 0 saturated heterocycles. The fraction of sp³-hybridized carbons (Fsp3) is 0.571. The van der Waals surface area contributed by atoms with Crippen LogP contribution in [0.2, 0.25) is 0 Å². The van der Waals surface area contributed by atoms with Crippen molar-refractivity contribution >= 4 is 11.5 Å². The van der Waals surface area contributed by atoms with Crippen LogP contribution in [-0.4, -0.2) is 29.1 Å². The summed E-state index contributed by atoms with van der Waals surface area (Å²) in [5, 5.41) is 11.7. The molecular weight excluding hydrogens is 240 g/mol. The molecule has 1 aromatic heterocycles. The molecule has 0 amide bonds. The number of rotatable bonds is 3. The van der Waals surface area contributed by atoms with Crippen molar-refractivity contribution in [3.8, 4) is 0 Å². The summed E-state index contributed by atoms with van der Waals surface area (Å²) in [4.78, 5) is 6.41. The van der Waals surface area contributed by atoms with Crippen molar-refractivity contribution in [3.63, 3.8) is 0 Å². The fourth-order valence-corrected chi connectivity index (χ4v) is 2.69. The third-order valence-electron chi connectivity index (χ3n) is 3.89. The number of aromatic nitrogens is 1. The molecule has 1 heterocycles. The van der Waals surface area contributed by atoms with Crippen molar-refractivity contribution in [2.75, 3.05) is 11.9 Å². The molecule has 5 nitrogen and oxygen atoms in total. The van der Waals surface area contributed by atoms with E-state index in [1.807, 2.05) is 12.1 Å². The van der Waals surface area contributed by atoms with Crippen molar-refractivity contribution in [2.45, 2.75) is 44.6 Å². The number of hydrogen-bond donors (Lipinski definition) is 2. The summed E-state index contributed by atoms with van der Waals surface area (Å²) < 4.78 is 0. The van der Waals surface area contributed by atoms with E-state index >= 15 is 0 Å². The largest absolute Gasteiger partial charge is 0.409 e. The first kappa shape index (κ1) is 13.6. The second kappa shape index (κ2) is 6.41.